The van der Waals surface area contributed by atoms with Crippen molar-refractivity contribution in [1.29, 1.82) is 0 Å². The van der Waals surface area contributed by atoms with Crippen molar-refractivity contribution in [1.82, 2.24) is 24.8 Å². The van der Waals surface area contributed by atoms with E-state index < -0.39 is 0 Å². The SMILES string of the molecule is CN(C)C1CCC(Nc2ncnc3ccc(-c4cnc(NCCO)nc4)cc23)CC1. The average molecular weight is 408 g/mol. The third kappa shape index (κ3) is 4.66. The zero-order valence-electron chi connectivity index (χ0n) is 17.5. The van der Waals surface area contributed by atoms with Gasteiger partial charge in [0.05, 0.1) is 12.1 Å². The van der Waals surface area contributed by atoms with E-state index in [1.54, 1.807) is 18.7 Å². The monoisotopic (exact) mass is 407 g/mol. The van der Waals surface area contributed by atoms with Gasteiger partial charge in [-0.15, -0.1) is 0 Å². The normalized spacial score (nSPS) is 19.2. The van der Waals surface area contributed by atoms with Gasteiger partial charge < -0.3 is 20.6 Å². The first-order chi connectivity index (χ1) is 14.6. The molecule has 0 amide bonds. The van der Waals surface area contributed by atoms with Crippen molar-refractivity contribution in [3.05, 3.63) is 36.9 Å². The van der Waals surface area contributed by atoms with Gasteiger partial charge in [-0.1, -0.05) is 6.07 Å². The first kappa shape index (κ1) is 20.4. The number of nitrogens with one attached hydrogen (secondary N) is 2. The van der Waals surface area contributed by atoms with Crippen molar-refractivity contribution >= 4 is 22.7 Å². The largest absolute Gasteiger partial charge is 0.395 e. The predicted octanol–water partition coefficient (Wildman–Crippen LogP) is 2.78. The number of fused-ring (bicyclic) bond motifs is 1. The summed E-state index contributed by atoms with van der Waals surface area (Å²) in [4.78, 5) is 20.0. The highest BCUT2D eigenvalue weighted by Gasteiger charge is 2.23. The van der Waals surface area contributed by atoms with Crippen LogP contribution in [0.25, 0.3) is 22.0 Å². The van der Waals surface area contributed by atoms with Gasteiger partial charge in [0.1, 0.15) is 12.1 Å². The van der Waals surface area contributed by atoms with Crippen LogP contribution in [0, 0.1) is 0 Å². The first-order valence-electron chi connectivity index (χ1n) is 10.5. The molecule has 1 aliphatic carbocycles. The molecular weight excluding hydrogens is 378 g/mol. The van der Waals surface area contributed by atoms with Gasteiger partial charge in [0, 0.05) is 42.0 Å². The summed E-state index contributed by atoms with van der Waals surface area (Å²) in [5.41, 5.74) is 2.86. The van der Waals surface area contributed by atoms with Crippen LogP contribution in [0.3, 0.4) is 0 Å². The van der Waals surface area contributed by atoms with Gasteiger partial charge in [0.25, 0.3) is 0 Å². The quantitative estimate of drug-likeness (QED) is 0.550. The summed E-state index contributed by atoms with van der Waals surface area (Å²) in [6, 6.07) is 7.25. The Morgan fingerprint density at radius 2 is 1.77 bits per heavy atom. The fourth-order valence-corrected chi connectivity index (χ4v) is 4.02. The van der Waals surface area contributed by atoms with Crippen molar-refractivity contribution in [2.45, 2.75) is 37.8 Å². The van der Waals surface area contributed by atoms with Crippen LogP contribution in [0.2, 0.25) is 0 Å². The van der Waals surface area contributed by atoms with Gasteiger partial charge in [-0.3, -0.25) is 0 Å². The Hall–Kier alpha value is -2.84. The molecule has 0 unspecified atom stereocenters. The van der Waals surface area contributed by atoms with Crippen LogP contribution in [0.1, 0.15) is 25.7 Å². The van der Waals surface area contributed by atoms with Crippen LogP contribution in [0.15, 0.2) is 36.9 Å². The molecule has 1 aliphatic rings. The summed E-state index contributed by atoms with van der Waals surface area (Å²) < 4.78 is 0. The molecule has 1 saturated carbocycles. The minimum Gasteiger partial charge on any atom is -0.395 e. The second-order valence-electron chi connectivity index (χ2n) is 8.01. The Morgan fingerprint density at radius 1 is 1.00 bits per heavy atom. The Kier molecular flexibility index (Phi) is 6.35. The van der Waals surface area contributed by atoms with Crippen molar-refractivity contribution in [2.75, 3.05) is 37.9 Å². The Bertz CT molecular complexity index is 969. The van der Waals surface area contributed by atoms with Gasteiger partial charge in [0.15, 0.2) is 0 Å². The molecule has 0 saturated heterocycles. The topological polar surface area (TPSA) is 99.1 Å². The maximum Gasteiger partial charge on any atom is 0.222 e. The Morgan fingerprint density at radius 3 is 2.47 bits per heavy atom. The lowest BCUT2D eigenvalue weighted by Gasteiger charge is -2.33. The number of rotatable bonds is 7. The molecule has 158 valence electrons. The molecule has 4 rings (SSSR count). The fourth-order valence-electron chi connectivity index (χ4n) is 4.02. The van der Waals surface area contributed by atoms with Crippen LogP contribution in [-0.2, 0) is 0 Å². The molecule has 30 heavy (non-hydrogen) atoms. The van der Waals surface area contributed by atoms with E-state index >= 15 is 0 Å². The molecule has 0 bridgehead atoms. The maximum atomic E-state index is 8.90. The molecule has 2 aromatic heterocycles. The first-order valence-corrected chi connectivity index (χ1v) is 10.5. The minimum atomic E-state index is 0.0440. The Balaban J connectivity index is 1.54. The summed E-state index contributed by atoms with van der Waals surface area (Å²) in [7, 11) is 4.33. The maximum absolute atomic E-state index is 8.90. The minimum absolute atomic E-state index is 0.0440. The van der Waals surface area contributed by atoms with Crippen LogP contribution in [0.4, 0.5) is 11.8 Å². The number of hydrogen-bond acceptors (Lipinski definition) is 8. The van der Waals surface area contributed by atoms with Gasteiger partial charge in [0.2, 0.25) is 5.95 Å². The molecule has 8 heteroatoms. The van der Waals surface area contributed by atoms with Crippen LogP contribution in [0.5, 0.6) is 0 Å². The lowest BCUT2D eigenvalue weighted by atomic mass is 9.90. The number of anilines is 2. The number of aliphatic hydroxyl groups excluding tert-OH is 1. The molecule has 3 N–H and O–H groups in total. The van der Waals surface area contributed by atoms with E-state index in [1.807, 2.05) is 12.1 Å². The van der Waals surface area contributed by atoms with E-state index in [1.165, 1.54) is 12.8 Å². The lowest BCUT2D eigenvalue weighted by molar-refractivity contribution is 0.221. The smallest absolute Gasteiger partial charge is 0.222 e. The summed E-state index contributed by atoms with van der Waals surface area (Å²) in [6.45, 7) is 0.473. The highest BCUT2D eigenvalue weighted by molar-refractivity contribution is 5.92. The van der Waals surface area contributed by atoms with Crippen molar-refractivity contribution in [3.8, 4) is 11.1 Å². The van der Waals surface area contributed by atoms with Gasteiger partial charge in [-0.2, -0.15) is 0 Å². The average Bonchev–Trinajstić information content (AvgIpc) is 2.78. The zero-order chi connectivity index (χ0) is 20.9. The molecule has 2 heterocycles. The van der Waals surface area contributed by atoms with Crippen LogP contribution < -0.4 is 10.6 Å². The number of benzene rings is 1. The second-order valence-corrected chi connectivity index (χ2v) is 8.01. The molecule has 1 fully saturated rings. The third-order valence-corrected chi connectivity index (χ3v) is 5.78. The molecule has 3 aromatic rings. The van der Waals surface area contributed by atoms with E-state index in [0.717, 1.165) is 40.7 Å². The van der Waals surface area contributed by atoms with Crippen molar-refractivity contribution < 1.29 is 5.11 Å². The van der Waals surface area contributed by atoms with E-state index in [2.05, 4.69) is 55.6 Å². The standard InChI is InChI=1S/C22H29N7O/c1-29(2)18-6-4-17(5-7-18)28-21-19-11-15(3-8-20(19)26-14-27-21)16-12-24-22(25-13-16)23-9-10-30/h3,8,11-14,17-18,30H,4-7,9-10H2,1-2H3,(H,23,24,25)(H,26,27,28). The molecule has 0 spiro atoms. The highest BCUT2D eigenvalue weighted by atomic mass is 16.3. The molecule has 0 radical (unpaired) electrons. The molecule has 8 nitrogen and oxygen atoms in total. The van der Waals surface area contributed by atoms with Gasteiger partial charge >= 0.3 is 0 Å². The third-order valence-electron chi connectivity index (χ3n) is 5.78. The van der Waals surface area contributed by atoms with Crippen LogP contribution >= 0.6 is 0 Å². The van der Waals surface area contributed by atoms with Crippen molar-refractivity contribution in [2.24, 2.45) is 0 Å². The summed E-state index contributed by atoms with van der Waals surface area (Å²) in [6.07, 6.45) is 9.88. The predicted molar refractivity (Wildman–Crippen MR) is 119 cm³/mol. The number of aromatic nitrogens is 4. The summed E-state index contributed by atoms with van der Waals surface area (Å²) >= 11 is 0. The fraction of sp³-hybridized carbons (Fsp3) is 0.455. The molecule has 0 atom stereocenters. The molecule has 0 aliphatic heterocycles. The van der Waals surface area contributed by atoms with Crippen LogP contribution in [-0.4, -0.2) is 69.3 Å². The molecule has 1 aromatic carbocycles. The van der Waals surface area contributed by atoms with Gasteiger partial charge in [-0.25, -0.2) is 19.9 Å². The van der Waals surface area contributed by atoms with E-state index in [-0.39, 0.29) is 6.61 Å². The molecular formula is C22H29N7O. The van der Waals surface area contributed by atoms with E-state index in [9.17, 15) is 0 Å². The Labute approximate surface area is 176 Å². The lowest BCUT2D eigenvalue weighted by Crippen LogP contribution is -2.36. The highest BCUT2D eigenvalue weighted by Crippen LogP contribution is 2.29. The summed E-state index contributed by atoms with van der Waals surface area (Å²) in [5.74, 6) is 1.39. The van der Waals surface area contributed by atoms with Crippen molar-refractivity contribution in [3.63, 3.8) is 0 Å². The summed E-state index contributed by atoms with van der Waals surface area (Å²) in [5, 5.41) is 16.5. The number of hydrogen-bond donors (Lipinski definition) is 3. The number of aliphatic hydroxyl groups is 1. The van der Waals surface area contributed by atoms with E-state index in [0.29, 0.717) is 24.6 Å². The second kappa shape index (κ2) is 9.32. The zero-order valence-corrected chi connectivity index (χ0v) is 17.5. The number of nitrogens with zero attached hydrogens (tertiary/aromatic N) is 5. The van der Waals surface area contributed by atoms with Gasteiger partial charge in [-0.05, 0) is 57.5 Å². The van der Waals surface area contributed by atoms with E-state index in [4.69, 9.17) is 5.11 Å².